The number of carbonyl (C=O) groups excluding carboxylic acids is 1. The Morgan fingerprint density at radius 3 is 2.62 bits per heavy atom. The molecule has 4 aromatic rings. The van der Waals surface area contributed by atoms with Gasteiger partial charge >= 0.3 is 5.97 Å². The number of furan rings is 1. The highest BCUT2D eigenvalue weighted by atomic mass is 79.9. The van der Waals surface area contributed by atoms with Crippen molar-refractivity contribution in [1.29, 1.82) is 0 Å². The lowest BCUT2D eigenvalue weighted by Gasteiger charge is -2.24. The summed E-state index contributed by atoms with van der Waals surface area (Å²) in [5.74, 6) is 0.983. The fourth-order valence-corrected chi connectivity index (χ4v) is 6.00. The van der Waals surface area contributed by atoms with Crippen LogP contribution in [0.5, 0.6) is 5.75 Å². The van der Waals surface area contributed by atoms with E-state index in [-0.39, 0.29) is 23.4 Å². The van der Waals surface area contributed by atoms with Crippen LogP contribution in [0.4, 0.5) is 5.69 Å². The van der Waals surface area contributed by atoms with Crippen molar-refractivity contribution in [3.05, 3.63) is 111 Å². The summed E-state index contributed by atoms with van der Waals surface area (Å²) in [5.41, 5.74) is 1.69. The highest BCUT2D eigenvalue weighted by Gasteiger charge is 2.33. The van der Waals surface area contributed by atoms with E-state index in [4.69, 9.17) is 13.9 Å². The molecule has 12 heteroatoms. The molecule has 0 saturated carbocycles. The minimum absolute atomic E-state index is 0.0487. The van der Waals surface area contributed by atoms with Gasteiger partial charge in [0.1, 0.15) is 17.3 Å². The number of esters is 1. The standard InChI is InChI=1S/C28H22BrN3O7S/c1-4-38-27(34)24-15(2)30-28-31(25(24)16-5-8-18(37-3)9-6-16)26(33)23(40-28)14-19-10-12-22(39-19)20-11-7-17(32(35)36)13-21(20)29/h5-14,25H,4H2,1-3H3/b23-14+/t25-/m1/s1. The molecule has 10 nitrogen and oxygen atoms in total. The van der Waals surface area contributed by atoms with Gasteiger partial charge in [-0.25, -0.2) is 9.79 Å². The Balaban J connectivity index is 1.60. The molecule has 0 bridgehead atoms. The van der Waals surface area contributed by atoms with Crippen molar-refractivity contribution in [3.8, 4) is 17.1 Å². The van der Waals surface area contributed by atoms with E-state index in [2.05, 4.69) is 20.9 Å². The monoisotopic (exact) mass is 623 g/mol. The minimum Gasteiger partial charge on any atom is -0.497 e. The summed E-state index contributed by atoms with van der Waals surface area (Å²) in [6, 6.07) is 14.2. The van der Waals surface area contributed by atoms with Gasteiger partial charge in [-0.1, -0.05) is 23.5 Å². The second kappa shape index (κ2) is 11.1. The van der Waals surface area contributed by atoms with Crippen LogP contribution in [0.25, 0.3) is 17.4 Å². The van der Waals surface area contributed by atoms with Crippen LogP contribution in [0.1, 0.15) is 31.2 Å². The van der Waals surface area contributed by atoms with Gasteiger partial charge in [0.25, 0.3) is 11.2 Å². The number of hydrogen-bond acceptors (Lipinski definition) is 9. The van der Waals surface area contributed by atoms with Crippen molar-refractivity contribution < 1.29 is 23.6 Å². The van der Waals surface area contributed by atoms with Gasteiger partial charge in [0.15, 0.2) is 4.80 Å². The maximum atomic E-state index is 13.8. The average molecular weight is 624 g/mol. The summed E-state index contributed by atoms with van der Waals surface area (Å²) >= 11 is 4.54. The van der Waals surface area contributed by atoms with Gasteiger partial charge in [-0.05, 0) is 65.7 Å². The second-order valence-corrected chi connectivity index (χ2v) is 10.6. The highest BCUT2D eigenvalue weighted by molar-refractivity contribution is 9.10. The molecule has 0 saturated heterocycles. The molecular weight excluding hydrogens is 602 g/mol. The van der Waals surface area contributed by atoms with E-state index < -0.39 is 16.9 Å². The molecule has 0 amide bonds. The molecule has 40 heavy (non-hydrogen) atoms. The number of nitro benzene ring substituents is 1. The number of thiazole rings is 1. The maximum Gasteiger partial charge on any atom is 0.338 e. The van der Waals surface area contributed by atoms with Crippen LogP contribution in [0.2, 0.25) is 0 Å². The number of nitro groups is 1. The third-order valence-corrected chi connectivity index (χ3v) is 7.92. The zero-order chi connectivity index (χ0) is 28.6. The number of non-ortho nitro benzene ring substituents is 1. The molecule has 0 radical (unpaired) electrons. The summed E-state index contributed by atoms with van der Waals surface area (Å²) in [4.78, 5) is 42.4. The molecule has 0 fully saturated rings. The summed E-state index contributed by atoms with van der Waals surface area (Å²) < 4.78 is 18.9. The SMILES string of the molecule is CCOC(=O)C1=C(C)N=c2s/c(=C/c3ccc(-c4ccc([N+](=O)[O-])cc4Br)o3)c(=O)n2[C@@H]1c1ccc(OC)cc1. The van der Waals surface area contributed by atoms with Crippen molar-refractivity contribution >= 4 is 45.0 Å². The smallest absolute Gasteiger partial charge is 0.338 e. The zero-order valence-electron chi connectivity index (χ0n) is 21.5. The third-order valence-electron chi connectivity index (χ3n) is 6.28. The summed E-state index contributed by atoms with van der Waals surface area (Å²) in [7, 11) is 1.56. The first-order valence-electron chi connectivity index (χ1n) is 12.1. The molecular formula is C28H22BrN3O7S. The van der Waals surface area contributed by atoms with E-state index in [0.29, 0.717) is 47.9 Å². The zero-order valence-corrected chi connectivity index (χ0v) is 23.9. The largest absolute Gasteiger partial charge is 0.497 e. The predicted octanol–water partition coefficient (Wildman–Crippen LogP) is 4.74. The van der Waals surface area contributed by atoms with Crippen LogP contribution in [-0.4, -0.2) is 29.2 Å². The quantitative estimate of drug-likeness (QED) is 0.165. The van der Waals surface area contributed by atoms with Gasteiger partial charge in [0.05, 0.1) is 40.5 Å². The van der Waals surface area contributed by atoms with E-state index in [1.54, 1.807) is 69.5 Å². The number of aromatic nitrogens is 1. The Labute approximate surface area is 239 Å². The summed E-state index contributed by atoms with van der Waals surface area (Å²) in [6.07, 6.45) is 1.61. The molecule has 1 aliphatic rings. The van der Waals surface area contributed by atoms with Crippen LogP contribution >= 0.6 is 27.3 Å². The van der Waals surface area contributed by atoms with Gasteiger partial charge in [-0.3, -0.25) is 19.5 Å². The number of nitrogens with zero attached hydrogens (tertiary/aromatic N) is 3. The lowest BCUT2D eigenvalue weighted by Crippen LogP contribution is -2.39. The maximum absolute atomic E-state index is 13.8. The van der Waals surface area contributed by atoms with E-state index in [1.807, 2.05) is 0 Å². The van der Waals surface area contributed by atoms with Crippen molar-refractivity contribution in [1.82, 2.24) is 4.57 Å². The molecule has 1 atom stereocenters. The number of carbonyl (C=O) groups is 1. The Bertz CT molecular complexity index is 1850. The molecule has 5 rings (SSSR count). The number of benzene rings is 2. The van der Waals surface area contributed by atoms with Gasteiger partial charge in [-0.15, -0.1) is 0 Å². The molecule has 2 aromatic carbocycles. The number of hydrogen-bond donors (Lipinski definition) is 0. The lowest BCUT2D eigenvalue weighted by atomic mass is 9.96. The topological polar surface area (TPSA) is 126 Å². The van der Waals surface area contributed by atoms with Crippen LogP contribution in [0, 0.1) is 10.1 Å². The van der Waals surface area contributed by atoms with Gasteiger partial charge in [0, 0.05) is 28.2 Å². The highest BCUT2D eigenvalue weighted by Crippen LogP contribution is 2.33. The molecule has 204 valence electrons. The molecule has 0 N–H and O–H groups in total. The lowest BCUT2D eigenvalue weighted by molar-refractivity contribution is -0.384. The van der Waals surface area contributed by atoms with Crippen molar-refractivity contribution in [2.75, 3.05) is 13.7 Å². The molecule has 3 heterocycles. The van der Waals surface area contributed by atoms with E-state index in [0.717, 1.165) is 0 Å². The second-order valence-electron chi connectivity index (χ2n) is 8.70. The molecule has 2 aromatic heterocycles. The van der Waals surface area contributed by atoms with Crippen LogP contribution in [0.15, 0.2) is 84.5 Å². The predicted molar refractivity (Wildman–Crippen MR) is 152 cm³/mol. The Kier molecular flexibility index (Phi) is 7.55. The molecule has 0 spiro atoms. The Morgan fingerprint density at radius 2 is 1.98 bits per heavy atom. The fraction of sp³-hybridized carbons (Fsp3) is 0.179. The van der Waals surface area contributed by atoms with Crippen molar-refractivity contribution in [3.63, 3.8) is 0 Å². The minimum atomic E-state index is -0.744. The number of allylic oxidation sites excluding steroid dienone is 1. The first-order chi connectivity index (χ1) is 19.2. The Morgan fingerprint density at radius 1 is 1.23 bits per heavy atom. The number of fused-ring (bicyclic) bond motifs is 1. The van der Waals surface area contributed by atoms with Gasteiger partial charge < -0.3 is 13.9 Å². The van der Waals surface area contributed by atoms with Gasteiger partial charge in [-0.2, -0.15) is 0 Å². The fourth-order valence-electron chi connectivity index (χ4n) is 4.41. The molecule has 1 aliphatic heterocycles. The summed E-state index contributed by atoms with van der Waals surface area (Å²) in [6.45, 7) is 3.63. The average Bonchev–Trinajstić information content (AvgIpc) is 3.52. The first-order valence-corrected chi connectivity index (χ1v) is 13.7. The van der Waals surface area contributed by atoms with Crippen molar-refractivity contribution in [2.24, 2.45) is 4.99 Å². The summed E-state index contributed by atoms with van der Waals surface area (Å²) in [5, 5.41) is 11.1. The van der Waals surface area contributed by atoms with E-state index in [1.165, 1.54) is 28.0 Å². The van der Waals surface area contributed by atoms with Crippen molar-refractivity contribution in [2.45, 2.75) is 19.9 Å². The Hall–Kier alpha value is -4.29. The molecule has 0 unspecified atom stereocenters. The number of halogens is 1. The van der Waals surface area contributed by atoms with Crippen LogP contribution < -0.4 is 19.6 Å². The molecule has 0 aliphatic carbocycles. The normalized spacial score (nSPS) is 15.0. The number of ether oxygens (including phenoxy) is 2. The van der Waals surface area contributed by atoms with Gasteiger partial charge in [0.2, 0.25) is 0 Å². The van der Waals surface area contributed by atoms with Crippen LogP contribution in [0.3, 0.4) is 0 Å². The third kappa shape index (κ3) is 5.03. The van der Waals surface area contributed by atoms with Crippen LogP contribution in [-0.2, 0) is 9.53 Å². The van der Waals surface area contributed by atoms with E-state index >= 15 is 0 Å². The number of methoxy groups -OCH3 is 1. The van der Waals surface area contributed by atoms with E-state index in [9.17, 15) is 19.7 Å². The first kappa shape index (κ1) is 27.3. The number of rotatable bonds is 7.